The number of aromatic nitrogens is 3. The summed E-state index contributed by atoms with van der Waals surface area (Å²) in [6.07, 6.45) is 1.67. The molecule has 4 rings (SSSR count). The average Bonchev–Trinajstić information content (AvgIpc) is 3.26. The van der Waals surface area contributed by atoms with Crippen molar-refractivity contribution in [1.29, 1.82) is 0 Å². The van der Waals surface area contributed by atoms with Crippen molar-refractivity contribution < 1.29 is 14.3 Å². The molecule has 1 aromatic carbocycles. The van der Waals surface area contributed by atoms with Crippen LogP contribution in [0.15, 0.2) is 36.5 Å². The normalized spacial score (nSPS) is 11.8. The first-order valence-electron chi connectivity index (χ1n) is 8.27. The highest BCUT2D eigenvalue weighted by molar-refractivity contribution is 5.90. The number of carbonyl (C=O) groups excluding carboxylic acids is 1. The van der Waals surface area contributed by atoms with Crippen LogP contribution in [0.2, 0.25) is 0 Å². The Morgan fingerprint density at radius 3 is 2.78 bits per heavy atom. The van der Waals surface area contributed by atoms with E-state index < -0.39 is 5.91 Å². The number of nitrogens with zero attached hydrogens (tertiary/aromatic N) is 3. The number of nitrogens with two attached hydrogens (primary N) is 1. The number of amides is 1. The summed E-state index contributed by atoms with van der Waals surface area (Å²) in [5.41, 5.74) is 8.94. The molecule has 0 spiro atoms. The molecule has 7 nitrogen and oxygen atoms in total. The second-order valence-electron chi connectivity index (χ2n) is 6.02. The van der Waals surface area contributed by atoms with Crippen LogP contribution in [0.1, 0.15) is 33.3 Å². The molecule has 0 unspecified atom stereocenters. The van der Waals surface area contributed by atoms with Crippen molar-refractivity contribution in [3.63, 3.8) is 0 Å². The van der Waals surface area contributed by atoms with Crippen molar-refractivity contribution in [2.24, 2.45) is 5.73 Å². The van der Waals surface area contributed by atoms with Gasteiger partial charge in [0, 0.05) is 5.69 Å². The molecular formula is C20H16N4O3. The third-order valence-corrected chi connectivity index (χ3v) is 4.19. The van der Waals surface area contributed by atoms with Gasteiger partial charge < -0.3 is 15.2 Å². The Hall–Kier alpha value is -3.79. The number of para-hydroxylation sites is 1. The highest BCUT2D eigenvalue weighted by Crippen LogP contribution is 2.34. The zero-order valence-electron chi connectivity index (χ0n) is 14.8. The van der Waals surface area contributed by atoms with E-state index in [1.165, 1.54) is 0 Å². The van der Waals surface area contributed by atoms with Crippen LogP contribution in [0.4, 0.5) is 0 Å². The fourth-order valence-electron chi connectivity index (χ4n) is 2.85. The van der Waals surface area contributed by atoms with Gasteiger partial charge >= 0.3 is 0 Å². The third-order valence-electron chi connectivity index (χ3n) is 4.19. The molecule has 0 radical (unpaired) electrons. The molecule has 3 aromatic rings. The highest BCUT2D eigenvalue weighted by Gasteiger charge is 2.19. The average molecular weight is 360 g/mol. The third kappa shape index (κ3) is 2.98. The van der Waals surface area contributed by atoms with Crippen LogP contribution in [0.25, 0.3) is 5.69 Å². The molecule has 27 heavy (non-hydrogen) atoms. The number of carbonyl (C=O) groups is 1. The summed E-state index contributed by atoms with van der Waals surface area (Å²) < 4.78 is 12.5. The number of primary amides is 1. The van der Waals surface area contributed by atoms with Crippen molar-refractivity contribution in [1.82, 2.24) is 14.5 Å². The number of rotatable bonds is 2. The van der Waals surface area contributed by atoms with Crippen LogP contribution in [0, 0.1) is 25.7 Å². The van der Waals surface area contributed by atoms with Gasteiger partial charge in [0.1, 0.15) is 5.69 Å². The van der Waals surface area contributed by atoms with Gasteiger partial charge in [-0.05, 0) is 44.0 Å². The molecule has 0 saturated heterocycles. The number of fused-ring (bicyclic) bond motifs is 1. The van der Waals surface area contributed by atoms with Gasteiger partial charge in [-0.2, -0.15) is 0 Å². The Morgan fingerprint density at radius 2 is 2.04 bits per heavy atom. The zero-order valence-corrected chi connectivity index (χ0v) is 14.8. The first-order valence-corrected chi connectivity index (χ1v) is 8.27. The van der Waals surface area contributed by atoms with Crippen molar-refractivity contribution in [2.75, 3.05) is 6.79 Å². The van der Waals surface area contributed by atoms with Crippen molar-refractivity contribution in [3.05, 3.63) is 65.0 Å². The minimum atomic E-state index is -0.635. The minimum absolute atomic E-state index is 0.111. The first kappa shape index (κ1) is 16.7. The molecule has 2 N–H and O–H groups in total. The van der Waals surface area contributed by atoms with E-state index in [9.17, 15) is 4.79 Å². The predicted octanol–water partition coefficient (Wildman–Crippen LogP) is 2.11. The molecule has 0 bridgehead atoms. The molecule has 1 aliphatic heterocycles. The molecule has 0 atom stereocenters. The Bertz CT molecular complexity index is 1100. The fourth-order valence-corrected chi connectivity index (χ4v) is 2.85. The van der Waals surface area contributed by atoms with Gasteiger partial charge in [0.15, 0.2) is 11.5 Å². The second kappa shape index (κ2) is 6.50. The number of pyridine rings is 1. The van der Waals surface area contributed by atoms with Gasteiger partial charge in [0.25, 0.3) is 5.91 Å². The Kier molecular flexibility index (Phi) is 4.01. The number of aryl methyl sites for hydroxylation is 1. The van der Waals surface area contributed by atoms with Crippen molar-refractivity contribution in [3.8, 4) is 29.0 Å². The quantitative estimate of drug-likeness (QED) is 0.707. The van der Waals surface area contributed by atoms with E-state index in [2.05, 4.69) is 21.8 Å². The highest BCUT2D eigenvalue weighted by atomic mass is 16.7. The Morgan fingerprint density at radius 1 is 1.19 bits per heavy atom. The standard InChI is InChI=1S/C20H16N4O3/c1-12-6-8-15(10-22-12)24-13(2)16(23-20(24)19(21)25)9-7-14-4-3-5-17-18(14)27-11-26-17/h3-6,8,10H,11H2,1-2H3,(H2,21,25). The summed E-state index contributed by atoms with van der Waals surface area (Å²) in [4.78, 5) is 20.5. The topological polar surface area (TPSA) is 92.3 Å². The van der Waals surface area contributed by atoms with Crippen LogP contribution in [-0.4, -0.2) is 27.2 Å². The van der Waals surface area contributed by atoms with Gasteiger partial charge in [0.2, 0.25) is 12.6 Å². The maximum Gasteiger partial charge on any atom is 0.285 e. The van der Waals surface area contributed by atoms with Crippen molar-refractivity contribution >= 4 is 5.91 Å². The SMILES string of the molecule is Cc1ccc(-n2c(C(N)=O)nc(C#Cc3cccc4c3OCO4)c2C)cn1. The van der Waals surface area contributed by atoms with Gasteiger partial charge in [0.05, 0.1) is 23.1 Å². The van der Waals surface area contributed by atoms with Crippen molar-refractivity contribution in [2.45, 2.75) is 13.8 Å². The summed E-state index contributed by atoms with van der Waals surface area (Å²) in [5, 5.41) is 0. The minimum Gasteiger partial charge on any atom is -0.454 e. The molecule has 0 fully saturated rings. The largest absolute Gasteiger partial charge is 0.454 e. The maximum atomic E-state index is 11.9. The smallest absolute Gasteiger partial charge is 0.285 e. The van der Waals surface area contributed by atoms with Gasteiger partial charge in [-0.15, -0.1) is 0 Å². The lowest BCUT2D eigenvalue weighted by Crippen LogP contribution is -2.18. The first-order chi connectivity index (χ1) is 13.0. The second-order valence-corrected chi connectivity index (χ2v) is 6.02. The van der Waals surface area contributed by atoms with Gasteiger partial charge in [-0.1, -0.05) is 12.0 Å². The number of benzene rings is 1. The summed E-state index contributed by atoms with van der Waals surface area (Å²) in [6.45, 7) is 3.90. The van der Waals surface area contributed by atoms with E-state index in [1.807, 2.05) is 44.2 Å². The van der Waals surface area contributed by atoms with Crippen LogP contribution in [0.5, 0.6) is 11.5 Å². The Labute approximate surface area is 155 Å². The van der Waals surface area contributed by atoms with E-state index >= 15 is 0 Å². The molecule has 0 saturated carbocycles. The molecule has 1 amide bonds. The predicted molar refractivity (Wildman–Crippen MR) is 97.9 cm³/mol. The maximum absolute atomic E-state index is 11.9. The number of imidazole rings is 1. The monoisotopic (exact) mass is 360 g/mol. The van der Waals surface area contributed by atoms with E-state index in [1.54, 1.807) is 10.8 Å². The molecule has 7 heteroatoms. The van der Waals surface area contributed by atoms with Crippen LogP contribution >= 0.6 is 0 Å². The van der Waals surface area contributed by atoms with E-state index in [-0.39, 0.29) is 12.6 Å². The molecule has 1 aliphatic rings. The summed E-state index contributed by atoms with van der Waals surface area (Å²) in [5.74, 6) is 6.80. The van der Waals surface area contributed by atoms with Crippen LogP contribution in [0.3, 0.4) is 0 Å². The number of ether oxygens (including phenoxy) is 2. The summed E-state index contributed by atoms with van der Waals surface area (Å²) in [6, 6.07) is 9.22. The van der Waals surface area contributed by atoms with Crippen LogP contribution in [-0.2, 0) is 0 Å². The van der Waals surface area contributed by atoms with Gasteiger partial charge in [-0.3, -0.25) is 14.3 Å². The molecular weight excluding hydrogens is 344 g/mol. The lowest BCUT2D eigenvalue weighted by Gasteiger charge is -2.07. The summed E-state index contributed by atoms with van der Waals surface area (Å²) >= 11 is 0. The lowest BCUT2D eigenvalue weighted by atomic mass is 10.2. The fraction of sp³-hybridized carbons (Fsp3) is 0.150. The van der Waals surface area contributed by atoms with E-state index in [4.69, 9.17) is 15.2 Å². The Balaban J connectivity index is 1.80. The zero-order chi connectivity index (χ0) is 19.0. The molecule has 0 aliphatic carbocycles. The number of hydrogen-bond donors (Lipinski definition) is 1. The van der Waals surface area contributed by atoms with Crippen LogP contribution < -0.4 is 15.2 Å². The van der Waals surface area contributed by atoms with E-state index in [0.29, 0.717) is 34.1 Å². The molecule has 134 valence electrons. The summed E-state index contributed by atoms with van der Waals surface area (Å²) in [7, 11) is 0. The number of hydrogen-bond acceptors (Lipinski definition) is 5. The lowest BCUT2D eigenvalue weighted by molar-refractivity contribution is 0.0988. The molecule has 2 aromatic heterocycles. The van der Waals surface area contributed by atoms with E-state index in [0.717, 1.165) is 5.69 Å². The molecule has 3 heterocycles. The van der Waals surface area contributed by atoms with Gasteiger partial charge in [-0.25, -0.2) is 4.98 Å².